The maximum atomic E-state index is 13.2. The number of hydrogen-bond donors (Lipinski definition) is 0. The molecule has 1 aliphatic heterocycles. The molecule has 1 atom stereocenters. The molecule has 1 aromatic carbocycles. The summed E-state index contributed by atoms with van der Waals surface area (Å²) in [6.07, 6.45) is 10.0. The molecule has 2 heterocycles. The highest BCUT2D eigenvalue weighted by Gasteiger charge is 2.39. The number of carbonyl (C=O) groups excluding carboxylic acids is 2. The molecule has 2 fully saturated rings. The zero-order valence-corrected chi connectivity index (χ0v) is 17.4. The van der Waals surface area contributed by atoms with Gasteiger partial charge >= 0.3 is 0 Å². The lowest BCUT2D eigenvalue weighted by atomic mass is 9.96. The average molecular weight is 404 g/mol. The molecule has 0 bridgehead atoms. The largest absolute Gasteiger partial charge is 0.335 e. The molecule has 5 heteroatoms. The van der Waals surface area contributed by atoms with E-state index in [1.165, 1.54) is 0 Å². The molecular formula is C25H29N3O2. The smallest absolute Gasteiger partial charge is 0.246 e. The second kappa shape index (κ2) is 9.24. The summed E-state index contributed by atoms with van der Waals surface area (Å²) in [5.41, 5.74) is 3.22. The highest BCUT2D eigenvalue weighted by molar-refractivity contribution is 5.90. The fourth-order valence-electron chi connectivity index (χ4n) is 4.63. The number of nitrogens with zero attached hydrogens (tertiary/aromatic N) is 3. The second-order valence-corrected chi connectivity index (χ2v) is 8.24. The summed E-state index contributed by atoms with van der Waals surface area (Å²) in [5, 5.41) is 0. The van der Waals surface area contributed by atoms with Gasteiger partial charge in [-0.05, 0) is 35.6 Å². The van der Waals surface area contributed by atoms with E-state index in [0.717, 1.165) is 42.4 Å². The zero-order chi connectivity index (χ0) is 20.9. The van der Waals surface area contributed by atoms with Crippen LogP contribution in [-0.2, 0) is 16.0 Å². The van der Waals surface area contributed by atoms with Gasteiger partial charge in [-0.15, -0.1) is 6.58 Å². The van der Waals surface area contributed by atoms with Crippen molar-refractivity contribution < 1.29 is 9.59 Å². The molecule has 5 nitrogen and oxygen atoms in total. The molecule has 1 unspecified atom stereocenters. The Bertz CT molecular complexity index is 888. The van der Waals surface area contributed by atoms with Gasteiger partial charge in [0.05, 0.1) is 0 Å². The monoisotopic (exact) mass is 403 g/mol. The molecule has 1 saturated carbocycles. The molecular weight excluding hydrogens is 374 g/mol. The Kier molecular flexibility index (Phi) is 6.26. The Labute approximate surface area is 178 Å². The number of rotatable bonds is 6. The number of hydrogen-bond acceptors (Lipinski definition) is 3. The highest BCUT2D eigenvalue weighted by atomic mass is 16.2. The molecule has 2 amide bonds. The van der Waals surface area contributed by atoms with E-state index in [9.17, 15) is 9.59 Å². The van der Waals surface area contributed by atoms with Crippen molar-refractivity contribution in [3.8, 4) is 11.1 Å². The molecule has 0 N–H and O–H groups in total. The van der Waals surface area contributed by atoms with E-state index in [1.807, 2.05) is 28.1 Å². The summed E-state index contributed by atoms with van der Waals surface area (Å²) < 4.78 is 0. The maximum Gasteiger partial charge on any atom is 0.246 e. The molecule has 1 aromatic heterocycles. The van der Waals surface area contributed by atoms with Crippen LogP contribution in [0.15, 0.2) is 61.4 Å². The van der Waals surface area contributed by atoms with Crippen LogP contribution in [0.2, 0.25) is 0 Å². The first kappa shape index (κ1) is 20.3. The van der Waals surface area contributed by atoms with Gasteiger partial charge in [-0.2, -0.15) is 0 Å². The summed E-state index contributed by atoms with van der Waals surface area (Å²) in [6.45, 7) is 5.49. The number of pyridine rings is 1. The van der Waals surface area contributed by atoms with Gasteiger partial charge in [0.1, 0.15) is 6.04 Å². The van der Waals surface area contributed by atoms with Gasteiger partial charge in [0.15, 0.2) is 0 Å². The standard InChI is InChI=1S/C25H29N3O2/c1-2-14-27-15-16-28(24(29)21-6-3-4-7-21)23(25(27)30)17-19-9-11-20(12-10-19)22-8-5-13-26-18-22/h2,5,8-13,18,21,23H,1,3-4,6-7,14-17H2. The van der Waals surface area contributed by atoms with E-state index in [-0.39, 0.29) is 17.7 Å². The average Bonchev–Trinajstić information content (AvgIpc) is 3.32. The lowest BCUT2D eigenvalue weighted by molar-refractivity contribution is -0.153. The fraction of sp³-hybridized carbons (Fsp3) is 0.400. The third-order valence-corrected chi connectivity index (χ3v) is 6.30. The van der Waals surface area contributed by atoms with Gasteiger partial charge in [-0.1, -0.05) is 49.2 Å². The van der Waals surface area contributed by atoms with Crippen molar-refractivity contribution in [1.29, 1.82) is 0 Å². The number of aromatic nitrogens is 1. The van der Waals surface area contributed by atoms with Gasteiger partial charge in [0.2, 0.25) is 11.8 Å². The molecule has 0 radical (unpaired) electrons. The van der Waals surface area contributed by atoms with Crippen molar-refractivity contribution >= 4 is 11.8 Å². The van der Waals surface area contributed by atoms with Crippen LogP contribution in [0.4, 0.5) is 0 Å². The quantitative estimate of drug-likeness (QED) is 0.691. The molecule has 2 aliphatic rings. The van der Waals surface area contributed by atoms with Crippen LogP contribution in [0.25, 0.3) is 11.1 Å². The van der Waals surface area contributed by atoms with Crippen molar-refractivity contribution in [3.05, 3.63) is 67.0 Å². The van der Waals surface area contributed by atoms with Gasteiger partial charge in [0.25, 0.3) is 0 Å². The zero-order valence-electron chi connectivity index (χ0n) is 17.4. The van der Waals surface area contributed by atoms with Gasteiger partial charge in [-0.25, -0.2) is 0 Å². The topological polar surface area (TPSA) is 53.5 Å². The van der Waals surface area contributed by atoms with Crippen molar-refractivity contribution in [3.63, 3.8) is 0 Å². The first-order chi connectivity index (χ1) is 14.7. The summed E-state index contributed by atoms with van der Waals surface area (Å²) in [6, 6.07) is 11.7. The van der Waals surface area contributed by atoms with Crippen LogP contribution in [0, 0.1) is 5.92 Å². The number of carbonyl (C=O) groups is 2. The van der Waals surface area contributed by atoms with E-state index < -0.39 is 6.04 Å². The Morgan fingerprint density at radius 3 is 2.53 bits per heavy atom. The van der Waals surface area contributed by atoms with Gasteiger partial charge < -0.3 is 9.80 Å². The molecule has 1 aliphatic carbocycles. The predicted octanol–water partition coefficient (Wildman–Crippen LogP) is 3.71. The second-order valence-electron chi connectivity index (χ2n) is 8.24. The van der Waals surface area contributed by atoms with E-state index >= 15 is 0 Å². The minimum Gasteiger partial charge on any atom is -0.335 e. The van der Waals surface area contributed by atoms with Crippen molar-refractivity contribution in [2.75, 3.05) is 19.6 Å². The molecule has 30 heavy (non-hydrogen) atoms. The van der Waals surface area contributed by atoms with E-state index in [2.05, 4.69) is 35.8 Å². The number of benzene rings is 1. The Hall–Kier alpha value is -2.95. The molecule has 156 valence electrons. The van der Waals surface area contributed by atoms with E-state index in [1.54, 1.807) is 12.3 Å². The van der Waals surface area contributed by atoms with Crippen molar-refractivity contribution in [1.82, 2.24) is 14.8 Å². The van der Waals surface area contributed by atoms with Gasteiger partial charge in [-0.3, -0.25) is 14.6 Å². The summed E-state index contributed by atoms with van der Waals surface area (Å²) >= 11 is 0. The Morgan fingerprint density at radius 1 is 1.10 bits per heavy atom. The van der Waals surface area contributed by atoms with Crippen molar-refractivity contribution in [2.24, 2.45) is 5.92 Å². The minimum atomic E-state index is -0.434. The van der Waals surface area contributed by atoms with Crippen LogP contribution in [-0.4, -0.2) is 52.3 Å². The van der Waals surface area contributed by atoms with Gasteiger partial charge in [0, 0.05) is 44.4 Å². The van der Waals surface area contributed by atoms with Crippen LogP contribution >= 0.6 is 0 Å². The third-order valence-electron chi connectivity index (χ3n) is 6.30. The van der Waals surface area contributed by atoms with E-state index in [0.29, 0.717) is 26.1 Å². The van der Waals surface area contributed by atoms with Crippen molar-refractivity contribution in [2.45, 2.75) is 38.1 Å². The van der Waals surface area contributed by atoms with E-state index in [4.69, 9.17) is 0 Å². The predicted molar refractivity (Wildman–Crippen MR) is 118 cm³/mol. The highest BCUT2D eigenvalue weighted by Crippen LogP contribution is 2.29. The first-order valence-electron chi connectivity index (χ1n) is 10.9. The lowest BCUT2D eigenvalue weighted by Gasteiger charge is -2.41. The SMILES string of the molecule is C=CCN1CCN(C(=O)C2CCCC2)C(Cc2ccc(-c3cccnc3)cc2)C1=O. The molecule has 4 rings (SSSR count). The summed E-state index contributed by atoms with van der Waals surface area (Å²) in [5.74, 6) is 0.277. The molecule has 1 saturated heterocycles. The lowest BCUT2D eigenvalue weighted by Crippen LogP contribution is -2.60. The Morgan fingerprint density at radius 2 is 1.87 bits per heavy atom. The third kappa shape index (κ3) is 4.30. The summed E-state index contributed by atoms with van der Waals surface area (Å²) in [4.78, 5) is 34.2. The van der Waals surface area contributed by atoms with Crippen LogP contribution < -0.4 is 0 Å². The maximum absolute atomic E-state index is 13.2. The number of amides is 2. The Balaban J connectivity index is 1.54. The van der Waals surface area contributed by atoms with Crippen LogP contribution in [0.1, 0.15) is 31.2 Å². The molecule has 0 spiro atoms. The van der Waals surface area contributed by atoms with Crippen LogP contribution in [0.3, 0.4) is 0 Å². The first-order valence-corrected chi connectivity index (χ1v) is 10.9. The molecule has 2 aromatic rings. The fourth-order valence-corrected chi connectivity index (χ4v) is 4.63. The summed E-state index contributed by atoms with van der Waals surface area (Å²) in [7, 11) is 0. The normalized spacial score (nSPS) is 19.9. The van der Waals surface area contributed by atoms with Crippen LogP contribution in [0.5, 0.6) is 0 Å². The minimum absolute atomic E-state index is 0.0313. The number of piperazine rings is 1.